The first-order valence-electron chi connectivity index (χ1n) is 4.15. The van der Waals surface area contributed by atoms with Crippen molar-refractivity contribution in [2.24, 2.45) is 0 Å². The molecule has 1 N–H and O–H groups in total. The van der Waals surface area contributed by atoms with Crippen LogP contribution in [0.3, 0.4) is 0 Å². The van der Waals surface area contributed by atoms with Gasteiger partial charge in [0.25, 0.3) is 0 Å². The molecule has 0 spiro atoms. The molecule has 96 valence electrons. The van der Waals surface area contributed by atoms with Crippen molar-refractivity contribution < 1.29 is 49.2 Å². The molecule has 0 heterocycles. The Balaban J connectivity index is -0.0000000799. The molecule has 0 rings (SSSR count). The first kappa shape index (κ1) is 25.2. The molecule has 0 aliphatic rings. The van der Waals surface area contributed by atoms with Crippen molar-refractivity contribution in [2.45, 2.75) is 13.8 Å². The molecule has 0 aromatic heterocycles. The van der Waals surface area contributed by atoms with E-state index in [4.69, 9.17) is 5.11 Å². The Morgan fingerprint density at radius 2 is 1.11 bits per heavy atom. The van der Waals surface area contributed by atoms with E-state index in [1.54, 1.807) is 0 Å². The second-order valence-electron chi connectivity index (χ2n) is 2.68. The van der Waals surface area contributed by atoms with E-state index in [1.807, 2.05) is 0 Å². The summed E-state index contributed by atoms with van der Waals surface area (Å²) in [4.78, 5) is 28.2. The fourth-order valence-corrected chi connectivity index (χ4v) is 0. The minimum absolute atomic E-state index is 0. The van der Waals surface area contributed by atoms with Crippen molar-refractivity contribution in [3.05, 3.63) is 37.0 Å². The summed E-state index contributed by atoms with van der Waals surface area (Å²) >= 11 is 0. The summed E-state index contributed by atoms with van der Waals surface area (Å²) in [5, 5.41) is 26.6. The van der Waals surface area contributed by atoms with Crippen molar-refractivity contribution in [3.63, 3.8) is 0 Å². The second kappa shape index (κ2) is 15.3. The van der Waals surface area contributed by atoms with Crippen LogP contribution >= 0.6 is 0 Å². The van der Waals surface area contributed by atoms with Gasteiger partial charge < -0.3 is 24.9 Å². The topological polar surface area (TPSA) is 118 Å². The molecule has 0 saturated carbocycles. The fourth-order valence-electron chi connectivity index (χ4n) is 0. The van der Waals surface area contributed by atoms with Gasteiger partial charge in [0.15, 0.2) is 0 Å². The third-order valence-electron chi connectivity index (χ3n) is 0.872. The third-order valence-corrected chi connectivity index (χ3v) is 0.872. The maximum atomic E-state index is 9.49. The average Bonchev–Trinajstić information content (AvgIpc) is 2.19. The van der Waals surface area contributed by atoms with E-state index in [2.05, 4.69) is 19.7 Å². The smallest absolute Gasteiger partial charge is 0.545 e. The maximum Gasteiger partial charge on any atom is 2.00 e. The number of carboxylic acids is 3. The zero-order valence-electron chi connectivity index (χ0n) is 10.4. The Bertz CT molecular complexity index is 284. The number of carbonyl (C=O) groups is 3. The van der Waals surface area contributed by atoms with E-state index in [0.717, 1.165) is 6.08 Å². The predicted octanol–water partition coefficient (Wildman–Crippen LogP) is -1.12. The molecule has 18 heavy (non-hydrogen) atoms. The summed E-state index contributed by atoms with van der Waals surface area (Å²) in [7, 11) is 0. The zero-order valence-corrected chi connectivity index (χ0v) is 13.4. The van der Waals surface area contributed by atoms with Gasteiger partial charge in [0.2, 0.25) is 0 Å². The number of aliphatic carboxylic acids is 3. The minimum Gasteiger partial charge on any atom is -0.545 e. The molecule has 6 nitrogen and oxygen atoms in total. The predicted molar refractivity (Wildman–Crippen MR) is 57.5 cm³/mol. The molecule has 0 aliphatic heterocycles. The Labute approximate surface area is 118 Å². The van der Waals surface area contributed by atoms with E-state index in [-0.39, 0.29) is 30.6 Å². The normalized spacial score (nSPS) is 6.78. The van der Waals surface area contributed by atoms with Gasteiger partial charge in [0, 0.05) is 6.08 Å². The molecule has 0 radical (unpaired) electrons. The SMILES string of the molecule is C=C(C)C(=O)[O-].C=C(C)C(=O)[O-].C=CC(=O)O.[Zn+2]. The van der Waals surface area contributed by atoms with Gasteiger partial charge in [-0.2, -0.15) is 0 Å². The average molecular weight is 308 g/mol. The molecule has 0 saturated heterocycles. The summed E-state index contributed by atoms with van der Waals surface area (Å²) in [6, 6.07) is 0. The molecular weight excluding hydrogens is 294 g/mol. The number of hydrogen-bond acceptors (Lipinski definition) is 5. The van der Waals surface area contributed by atoms with Gasteiger partial charge >= 0.3 is 25.4 Å². The van der Waals surface area contributed by atoms with E-state index in [0.29, 0.717) is 0 Å². The van der Waals surface area contributed by atoms with Crippen molar-refractivity contribution in [1.82, 2.24) is 0 Å². The summed E-state index contributed by atoms with van der Waals surface area (Å²) in [5.74, 6) is -3.35. The van der Waals surface area contributed by atoms with Gasteiger partial charge in [0.05, 0.1) is 11.9 Å². The van der Waals surface area contributed by atoms with Crippen LogP contribution in [-0.4, -0.2) is 23.0 Å². The Morgan fingerprint density at radius 1 is 1.00 bits per heavy atom. The van der Waals surface area contributed by atoms with Gasteiger partial charge in [-0.25, -0.2) is 4.79 Å². The van der Waals surface area contributed by atoms with Gasteiger partial charge in [-0.3, -0.25) is 0 Å². The van der Waals surface area contributed by atoms with Gasteiger partial charge in [-0.05, 0) is 25.0 Å². The summed E-state index contributed by atoms with van der Waals surface area (Å²) in [6.07, 6.45) is 0.833. The largest absolute Gasteiger partial charge is 2.00 e. The summed E-state index contributed by atoms with van der Waals surface area (Å²) in [6.45, 7) is 11.9. The van der Waals surface area contributed by atoms with Crippen LogP contribution in [0.25, 0.3) is 0 Å². The minimum atomic E-state index is -1.19. The summed E-state index contributed by atoms with van der Waals surface area (Å²) < 4.78 is 0. The van der Waals surface area contributed by atoms with Crippen LogP contribution in [0, 0.1) is 0 Å². The Hall–Kier alpha value is -1.75. The Kier molecular flexibility index (Phi) is 21.3. The standard InChI is InChI=1S/2C4H6O2.C3H4O2.Zn/c2*1-3(2)4(5)6;1-2-3(4)5;/h2*1H2,2H3,(H,5,6);2H,1H2,(H,4,5);/q;;;+2/p-2. The van der Waals surface area contributed by atoms with Gasteiger partial charge in [-0.15, -0.1) is 0 Å². The van der Waals surface area contributed by atoms with E-state index in [1.165, 1.54) is 13.8 Å². The van der Waals surface area contributed by atoms with E-state index >= 15 is 0 Å². The number of rotatable bonds is 3. The zero-order chi connectivity index (χ0) is 14.6. The molecule has 0 aromatic rings. The molecule has 0 aliphatic carbocycles. The van der Waals surface area contributed by atoms with Crippen molar-refractivity contribution in [1.29, 1.82) is 0 Å². The monoisotopic (exact) mass is 306 g/mol. The molecule has 0 amide bonds. The molecule has 0 bridgehead atoms. The fraction of sp³-hybridized carbons (Fsp3) is 0.182. The van der Waals surface area contributed by atoms with Crippen LogP contribution in [0.4, 0.5) is 0 Å². The van der Waals surface area contributed by atoms with Crippen molar-refractivity contribution in [2.75, 3.05) is 0 Å². The van der Waals surface area contributed by atoms with Crippen LogP contribution in [0.1, 0.15) is 13.8 Å². The van der Waals surface area contributed by atoms with E-state index in [9.17, 15) is 24.6 Å². The molecule has 7 heteroatoms. The van der Waals surface area contributed by atoms with Crippen molar-refractivity contribution in [3.8, 4) is 0 Å². The maximum absolute atomic E-state index is 9.49. The number of hydrogen-bond donors (Lipinski definition) is 1. The van der Waals surface area contributed by atoms with Crippen LogP contribution in [0.2, 0.25) is 0 Å². The van der Waals surface area contributed by atoms with Gasteiger partial charge in [-0.1, -0.05) is 19.7 Å². The quantitative estimate of drug-likeness (QED) is 0.521. The molecule has 0 aromatic carbocycles. The summed E-state index contributed by atoms with van der Waals surface area (Å²) in [5.41, 5.74) is 0.130. The van der Waals surface area contributed by atoms with Crippen molar-refractivity contribution >= 4 is 17.9 Å². The van der Waals surface area contributed by atoms with Crippen LogP contribution in [0.15, 0.2) is 37.0 Å². The van der Waals surface area contributed by atoms with Crippen LogP contribution in [0.5, 0.6) is 0 Å². The van der Waals surface area contributed by atoms with Crippen LogP contribution in [-0.2, 0) is 33.9 Å². The van der Waals surface area contributed by atoms with E-state index < -0.39 is 17.9 Å². The molecule has 0 unspecified atom stereocenters. The third kappa shape index (κ3) is 36.8. The molecule has 0 atom stereocenters. The number of carboxylic acid groups (broad SMARTS) is 3. The van der Waals surface area contributed by atoms with Crippen LogP contribution < -0.4 is 10.2 Å². The first-order valence-corrected chi connectivity index (χ1v) is 4.15. The second-order valence-corrected chi connectivity index (χ2v) is 2.68. The first-order chi connectivity index (χ1) is 7.56. The molecule has 0 fully saturated rings. The molecular formula is C11H14O6Zn. The number of carbonyl (C=O) groups excluding carboxylic acids is 2. The van der Waals surface area contributed by atoms with Gasteiger partial charge in [0.1, 0.15) is 0 Å². The Morgan fingerprint density at radius 3 is 1.11 bits per heavy atom.